The molecule has 2 aromatic heterocycles. The highest BCUT2D eigenvalue weighted by atomic mass is 127. The number of aliphatic imine (C=N–C) groups is 1. The van der Waals surface area contributed by atoms with Crippen molar-refractivity contribution in [2.75, 3.05) is 26.7 Å². The number of halogens is 1. The first-order chi connectivity index (χ1) is 13.5. The topological polar surface area (TPSA) is 95.7 Å². The summed E-state index contributed by atoms with van der Waals surface area (Å²) in [6.45, 7) is 7.93. The number of guanidine groups is 1. The fourth-order valence-electron chi connectivity index (χ4n) is 2.42. The molecule has 0 radical (unpaired) electrons. The molecule has 0 saturated carbocycles. The molecule has 0 saturated heterocycles. The predicted octanol–water partition coefficient (Wildman–Crippen LogP) is 2.57. The fraction of sp³-hybridized carbons (Fsp3) is 0.500. The van der Waals surface area contributed by atoms with E-state index in [1.165, 1.54) is 0 Å². The molecule has 160 valence electrons. The van der Waals surface area contributed by atoms with Crippen LogP contribution in [0.1, 0.15) is 43.8 Å². The minimum atomic E-state index is -0.0464. The summed E-state index contributed by atoms with van der Waals surface area (Å²) in [6.07, 6.45) is 2.48. The van der Waals surface area contributed by atoms with Crippen LogP contribution in [0, 0.1) is 0 Å². The Hall–Kier alpha value is -2.17. The zero-order chi connectivity index (χ0) is 20.4. The largest absolute Gasteiger partial charge is 0.359 e. The number of rotatable bonds is 9. The number of pyridine rings is 1. The Bertz CT molecular complexity index is 763. The Labute approximate surface area is 189 Å². The van der Waals surface area contributed by atoms with Crippen molar-refractivity contribution in [3.8, 4) is 0 Å². The third kappa shape index (κ3) is 8.80. The van der Waals surface area contributed by atoms with Gasteiger partial charge in [0.2, 0.25) is 5.91 Å². The Balaban J connectivity index is 0.00000420. The molecule has 0 unspecified atom stereocenters. The van der Waals surface area contributed by atoms with Crippen LogP contribution in [0.25, 0.3) is 0 Å². The second-order valence-corrected chi connectivity index (χ2v) is 6.81. The third-order valence-corrected chi connectivity index (χ3v) is 4.17. The summed E-state index contributed by atoms with van der Waals surface area (Å²) in [4.78, 5) is 22.7. The molecule has 1 amide bonds. The van der Waals surface area contributed by atoms with E-state index in [-0.39, 0.29) is 36.4 Å². The van der Waals surface area contributed by atoms with Crippen molar-refractivity contribution in [3.05, 3.63) is 47.6 Å². The molecule has 2 N–H and O–H groups in total. The molecule has 2 aromatic rings. The number of nitrogens with zero attached hydrogens (tertiary/aromatic N) is 4. The molecule has 0 bridgehead atoms. The predicted molar refractivity (Wildman–Crippen MR) is 124 cm³/mol. The van der Waals surface area contributed by atoms with Crippen molar-refractivity contribution in [2.24, 2.45) is 4.99 Å². The third-order valence-electron chi connectivity index (χ3n) is 4.17. The van der Waals surface area contributed by atoms with E-state index in [2.05, 4.69) is 39.6 Å². The van der Waals surface area contributed by atoms with Gasteiger partial charge in [-0.3, -0.25) is 9.78 Å². The van der Waals surface area contributed by atoms with Gasteiger partial charge in [0.05, 0.1) is 12.2 Å². The normalized spacial score (nSPS) is 11.1. The Morgan fingerprint density at radius 3 is 2.72 bits per heavy atom. The molecule has 0 atom stereocenters. The van der Waals surface area contributed by atoms with Crippen molar-refractivity contribution >= 4 is 35.8 Å². The standard InChI is InChI=1S/C20H30N6O2.HI/c1-5-21-20(23-13-17-12-18(15(2)3)25-28-17)24-14-19(27)26(4)11-9-16-8-6-7-10-22-16;/h6-8,10,12,15H,5,9,11,13-14H2,1-4H3,(H2,21,23,24);1H. The Morgan fingerprint density at radius 2 is 2.10 bits per heavy atom. The minimum absolute atomic E-state index is 0. The summed E-state index contributed by atoms with van der Waals surface area (Å²) in [5.41, 5.74) is 1.89. The van der Waals surface area contributed by atoms with Gasteiger partial charge in [-0.05, 0) is 25.0 Å². The van der Waals surface area contributed by atoms with Gasteiger partial charge in [-0.15, -0.1) is 24.0 Å². The summed E-state index contributed by atoms with van der Waals surface area (Å²) in [7, 11) is 1.78. The van der Waals surface area contributed by atoms with Crippen molar-refractivity contribution in [1.82, 2.24) is 25.7 Å². The maximum Gasteiger partial charge on any atom is 0.244 e. The van der Waals surface area contributed by atoms with E-state index in [1.807, 2.05) is 31.2 Å². The van der Waals surface area contributed by atoms with Crippen LogP contribution in [0.5, 0.6) is 0 Å². The van der Waals surface area contributed by atoms with Gasteiger partial charge in [-0.25, -0.2) is 4.99 Å². The number of hydrogen-bond acceptors (Lipinski definition) is 5. The Morgan fingerprint density at radius 1 is 1.31 bits per heavy atom. The van der Waals surface area contributed by atoms with Crippen LogP contribution in [-0.2, 0) is 17.8 Å². The van der Waals surface area contributed by atoms with Gasteiger partial charge in [0, 0.05) is 44.5 Å². The molecule has 2 heterocycles. The molecule has 9 heteroatoms. The first-order valence-corrected chi connectivity index (χ1v) is 9.61. The first kappa shape index (κ1) is 24.9. The van der Waals surface area contributed by atoms with Crippen LogP contribution in [0.2, 0.25) is 0 Å². The van der Waals surface area contributed by atoms with E-state index in [4.69, 9.17) is 4.52 Å². The molecule has 0 aliphatic heterocycles. The van der Waals surface area contributed by atoms with Crippen LogP contribution in [0.4, 0.5) is 0 Å². The number of hydrogen-bond donors (Lipinski definition) is 2. The van der Waals surface area contributed by atoms with Gasteiger partial charge in [-0.2, -0.15) is 0 Å². The van der Waals surface area contributed by atoms with E-state index < -0.39 is 0 Å². The zero-order valence-electron chi connectivity index (χ0n) is 17.5. The minimum Gasteiger partial charge on any atom is -0.359 e. The average Bonchev–Trinajstić information content (AvgIpc) is 3.18. The summed E-state index contributed by atoms with van der Waals surface area (Å²) < 4.78 is 5.32. The lowest BCUT2D eigenvalue weighted by molar-refractivity contribution is -0.128. The molecule has 2 rings (SSSR count). The first-order valence-electron chi connectivity index (χ1n) is 9.61. The monoisotopic (exact) mass is 514 g/mol. The molecular weight excluding hydrogens is 483 g/mol. The van der Waals surface area contributed by atoms with Gasteiger partial charge in [0.1, 0.15) is 6.54 Å². The number of carbonyl (C=O) groups is 1. The number of amides is 1. The second kappa shape index (κ2) is 13.1. The maximum absolute atomic E-state index is 12.3. The lowest BCUT2D eigenvalue weighted by atomic mass is 10.1. The summed E-state index contributed by atoms with van der Waals surface area (Å²) >= 11 is 0. The Kier molecular flexibility index (Phi) is 11.3. The van der Waals surface area contributed by atoms with Gasteiger partial charge >= 0.3 is 0 Å². The van der Waals surface area contributed by atoms with Crippen molar-refractivity contribution in [1.29, 1.82) is 0 Å². The molecule has 0 aliphatic rings. The maximum atomic E-state index is 12.3. The second-order valence-electron chi connectivity index (χ2n) is 6.81. The fourth-order valence-corrected chi connectivity index (χ4v) is 2.42. The number of carbonyl (C=O) groups excluding carboxylic acids is 1. The summed E-state index contributed by atoms with van der Waals surface area (Å²) in [6, 6.07) is 7.71. The number of likely N-dealkylation sites (N-methyl/N-ethyl adjacent to an activating group) is 1. The van der Waals surface area contributed by atoms with Crippen molar-refractivity contribution in [2.45, 2.75) is 39.7 Å². The van der Waals surface area contributed by atoms with Crippen molar-refractivity contribution in [3.63, 3.8) is 0 Å². The molecule has 0 aromatic carbocycles. The quantitative estimate of drug-likeness (QED) is 0.304. The van der Waals surface area contributed by atoms with E-state index in [1.54, 1.807) is 18.1 Å². The lowest BCUT2D eigenvalue weighted by Gasteiger charge is -2.16. The molecule has 0 spiro atoms. The molecule has 29 heavy (non-hydrogen) atoms. The summed E-state index contributed by atoms with van der Waals surface area (Å²) in [5.74, 6) is 1.57. The number of nitrogens with one attached hydrogen (secondary N) is 2. The van der Waals surface area contributed by atoms with E-state index in [0.29, 0.717) is 31.5 Å². The number of aromatic nitrogens is 2. The van der Waals surface area contributed by atoms with Crippen LogP contribution in [0.3, 0.4) is 0 Å². The van der Waals surface area contributed by atoms with E-state index in [9.17, 15) is 4.79 Å². The smallest absolute Gasteiger partial charge is 0.244 e. The molecule has 0 aliphatic carbocycles. The molecular formula is C20H31IN6O2. The zero-order valence-corrected chi connectivity index (χ0v) is 19.8. The molecule has 0 fully saturated rings. The van der Waals surface area contributed by atoms with Crippen LogP contribution < -0.4 is 10.6 Å². The van der Waals surface area contributed by atoms with E-state index >= 15 is 0 Å². The van der Waals surface area contributed by atoms with Crippen LogP contribution in [0.15, 0.2) is 40.0 Å². The SMILES string of the molecule is CCNC(=NCC(=O)N(C)CCc1ccccn1)NCc1cc(C(C)C)no1.I. The van der Waals surface area contributed by atoms with Gasteiger partial charge in [0.25, 0.3) is 0 Å². The highest BCUT2D eigenvalue weighted by Gasteiger charge is 2.11. The lowest BCUT2D eigenvalue weighted by Crippen LogP contribution is -2.38. The highest BCUT2D eigenvalue weighted by molar-refractivity contribution is 14.0. The van der Waals surface area contributed by atoms with Gasteiger partial charge in [-0.1, -0.05) is 25.1 Å². The van der Waals surface area contributed by atoms with Crippen molar-refractivity contribution < 1.29 is 9.32 Å². The van der Waals surface area contributed by atoms with E-state index in [0.717, 1.165) is 23.6 Å². The van der Waals surface area contributed by atoms with Crippen LogP contribution >= 0.6 is 24.0 Å². The van der Waals surface area contributed by atoms with Crippen LogP contribution in [-0.4, -0.2) is 53.6 Å². The average molecular weight is 514 g/mol. The molecule has 8 nitrogen and oxygen atoms in total. The van der Waals surface area contributed by atoms with Gasteiger partial charge in [0.15, 0.2) is 11.7 Å². The summed E-state index contributed by atoms with van der Waals surface area (Å²) in [5, 5.41) is 10.3. The van der Waals surface area contributed by atoms with Gasteiger partial charge < -0.3 is 20.1 Å². The highest BCUT2D eigenvalue weighted by Crippen LogP contribution is 2.13.